The first-order valence-electron chi connectivity index (χ1n) is 6.38. The first-order chi connectivity index (χ1) is 10.3. The minimum Gasteiger partial charge on any atom is -0.369 e. The van der Waals surface area contributed by atoms with Crippen LogP contribution in [0.5, 0.6) is 0 Å². The van der Waals surface area contributed by atoms with E-state index in [9.17, 15) is 0 Å². The van der Waals surface area contributed by atoms with E-state index in [4.69, 9.17) is 5.73 Å². The second kappa shape index (κ2) is 4.41. The van der Waals surface area contributed by atoms with Crippen molar-refractivity contribution >= 4 is 11.6 Å². The van der Waals surface area contributed by atoms with Gasteiger partial charge in [-0.2, -0.15) is 5.10 Å². The predicted octanol–water partition coefficient (Wildman–Crippen LogP) is 1.76. The molecule has 0 fully saturated rings. The highest BCUT2D eigenvalue weighted by Crippen LogP contribution is 2.33. The lowest BCUT2D eigenvalue weighted by Crippen LogP contribution is -2.03. The summed E-state index contributed by atoms with van der Waals surface area (Å²) in [7, 11) is 0. The molecule has 0 bridgehead atoms. The van der Waals surface area contributed by atoms with Gasteiger partial charge in [-0.05, 0) is 0 Å². The Kier molecular flexibility index (Phi) is 2.43. The van der Waals surface area contributed by atoms with E-state index in [1.807, 2.05) is 30.3 Å². The highest BCUT2D eigenvalue weighted by molar-refractivity contribution is 5.90. The van der Waals surface area contributed by atoms with Gasteiger partial charge in [0.05, 0.1) is 17.5 Å². The van der Waals surface area contributed by atoms with Gasteiger partial charge in [0.15, 0.2) is 5.65 Å². The maximum absolute atomic E-state index is 6.01. The lowest BCUT2D eigenvalue weighted by molar-refractivity contribution is 1.09. The normalized spacial score (nSPS) is 11.0. The molecule has 7 nitrogen and oxygen atoms in total. The van der Waals surface area contributed by atoms with Crippen LogP contribution in [-0.4, -0.2) is 29.8 Å². The third kappa shape index (κ3) is 1.75. The van der Waals surface area contributed by atoms with Crippen LogP contribution in [0.1, 0.15) is 0 Å². The molecule has 0 aliphatic heterocycles. The van der Waals surface area contributed by atoms with Crippen LogP contribution in [0.15, 0.2) is 49.1 Å². The number of hydrogen-bond donors (Lipinski definition) is 2. The molecule has 4 rings (SSSR count). The van der Waals surface area contributed by atoms with Gasteiger partial charge in [-0.3, -0.25) is 9.50 Å². The quantitative estimate of drug-likeness (QED) is 0.582. The Morgan fingerprint density at radius 2 is 1.95 bits per heavy atom. The molecule has 7 heteroatoms. The van der Waals surface area contributed by atoms with Crippen molar-refractivity contribution < 1.29 is 0 Å². The number of nitrogens with zero attached hydrogens (tertiary/aromatic N) is 5. The summed E-state index contributed by atoms with van der Waals surface area (Å²) in [6.45, 7) is 0. The standard InChI is InChI=1S/C14H11N7/c15-14-19-12(9-4-2-1-3-5-9)11(10-6-16-17-7-10)13-20-18-8-21(13)14/h1-8H,(H2,15,19)(H,16,17). The lowest BCUT2D eigenvalue weighted by Gasteiger charge is -2.10. The van der Waals surface area contributed by atoms with E-state index < -0.39 is 0 Å². The largest absolute Gasteiger partial charge is 0.369 e. The number of hydrogen-bond acceptors (Lipinski definition) is 5. The van der Waals surface area contributed by atoms with Gasteiger partial charge < -0.3 is 5.73 Å². The molecule has 0 atom stereocenters. The Hall–Kier alpha value is -3.22. The molecule has 3 heterocycles. The van der Waals surface area contributed by atoms with E-state index in [0.717, 1.165) is 22.4 Å². The van der Waals surface area contributed by atoms with Gasteiger partial charge in [0.25, 0.3) is 0 Å². The maximum Gasteiger partial charge on any atom is 0.207 e. The summed E-state index contributed by atoms with van der Waals surface area (Å²) < 4.78 is 1.66. The minimum atomic E-state index is 0.348. The molecule has 0 saturated carbocycles. The molecule has 0 saturated heterocycles. The number of aromatic nitrogens is 6. The van der Waals surface area contributed by atoms with Gasteiger partial charge in [0, 0.05) is 17.3 Å². The van der Waals surface area contributed by atoms with E-state index in [1.165, 1.54) is 0 Å². The number of anilines is 1. The van der Waals surface area contributed by atoms with Gasteiger partial charge in [0.2, 0.25) is 5.95 Å². The number of aromatic amines is 1. The molecular formula is C14H11N7. The number of nitrogens with one attached hydrogen (secondary N) is 1. The average Bonchev–Trinajstić information content (AvgIpc) is 3.19. The highest BCUT2D eigenvalue weighted by atomic mass is 15.3. The number of benzene rings is 1. The number of H-pyrrole nitrogens is 1. The first-order valence-corrected chi connectivity index (χ1v) is 6.38. The molecule has 0 aliphatic rings. The number of nitrogen functional groups attached to an aromatic ring is 1. The van der Waals surface area contributed by atoms with Crippen molar-refractivity contribution in [3.63, 3.8) is 0 Å². The number of fused-ring (bicyclic) bond motifs is 1. The van der Waals surface area contributed by atoms with Crippen LogP contribution in [0, 0.1) is 0 Å². The smallest absolute Gasteiger partial charge is 0.207 e. The molecule has 0 aliphatic carbocycles. The molecule has 3 aromatic heterocycles. The minimum absolute atomic E-state index is 0.348. The predicted molar refractivity (Wildman–Crippen MR) is 78.2 cm³/mol. The monoisotopic (exact) mass is 277 g/mol. The molecule has 0 amide bonds. The fourth-order valence-electron chi connectivity index (χ4n) is 2.36. The van der Waals surface area contributed by atoms with Crippen molar-refractivity contribution in [3.8, 4) is 22.4 Å². The Balaban J connectivity index is 2.12. The second-order valence-electron chi connectivity index (χ2n) is 4.57. The van der Waals surface area contributed by atoms with Crippen LogP contribution in [0.2, 0.25) is 0 Å². The van der Waals surface area contributed by atoms with E-state index >= 15 is 0 Å². The third-order valence-corrected chi connectivity index (χ3v) is 3.32. The van der Waals surface area contributed by atoms with Gasteiger partial charge in [-0.15, -0.1) is 10.2 Å². The molecular weight excluding hydrogens is 266 g/mol. The lowest BCUT2D eigenvalue weighted by atomic mass is 10.0. The van der Waals surface area contributed by atoms with Gasteiger partial charge in [-0.25, -0.2) is 4.98 Å². The van der Waals surface area contributed by atoms with Crippen LogP contribution in [0.3, 0.4) is 0 Å². The summed E-state index contributed by atoms with van der Waals surface area (Å²) in [5.74, 6) is 0.348. The van der Waals surface area contributed by atoms with Crippen molar-refractivity contribution in [2.75, 3.05) is 5.73 Å². The van der Waals surface area contributed by atoms with Crippen molar-refractivity contribution in [1.82, 2.24) is 29.8 Å². The molecule has 0 radical (unpaired) electrons. The molecule has 102 valence electrons. The molecule has 0 unspecified atom stereocenters. The van der Waals surface area contributed by atoms with Crippen LogP contribution in [-0.2, 0) is 0 Å². The molecule has 21 heavy (non-hydrogen) atoms. The zero-order valence-corrected chi connectivity index (χ0v) is 10.9. The fourth-order valence-corrected chi connectivity index (χ4v) is 2.36. The SMILES string of the molecule is Nc1nc(-c2ccccc2)c(-c2cn[nH]c2)c2nncn12. The van der Waals surface area contributed by atoms with Gasteiger partial charge in [-0.1, -0.05) is 30.3 Å². The zero-order chi connectivity index (χ0) is 14.2. The summed E-state index contributed by atoms with van der Waals surface area (Å²) in [4.78, 5) is 4.52. The Morgan fingerprint density at radius 1 is 1.10 bits per heavy atom. The van der Waals surface area contributed by atoms with Gasteiger partial charge >= 0.3 is 0 Å². The van der Waals surface area contributed by atoms with E-state index in [0.29, 0.717) is 11.6 Å². The zero-order valence-electron chi connectivity index (χ0n) is 10.9. The van der Waals surface area contributed by atoms with E-state index in [2.05, 4.69) is 25.4 Å². The second-order valence-corrected chi connectivity index (χ2v) is 4.57. The number of nitrogens with two attached hydrogens (primary N) is 1. The van der Waals surface area contributed by atoms with Crippen molar-refractivity contribution in [2.45, 2.75) is 0 Å². The van der Waals surface area contributed by atoms with Crippen LogP contribution in [0.4, 0.5) is 5.95 Å². The molecule has 3 N–H and O–H groups in total. The molecule has 0 spiro atoms. The summed E-state index contributed by atoms with van der Waals surface area (Å²) in [5, 5.41) is 14.9. The highest BCUT2D eigenvalue weighted by Gasteiger charge is 2.18. The van der Waals surface area contributed by atoms with Crippen molar-refractivity contribution in [2.24, 2.45) is 0 Å². The summed E-state index contributed by atoms with van der Waals surface area (Å²) in [6.07, 6.45) is 5.08. The Bertz CT molecular complexity index is 894. The van der Waals surface area contributed by atoms with Crippen LogP contribution in [0.25, 0.3) is 28.0 Å². The fraction of sp³-hybridized carbons (Fsp3) is 0. The van der Waals surface area contributed by atoms with Crippen molar-refractivity contribution in [1.29, 1.82) is 0 Å². The Labute approximate surface area is 119 Å². The van der Waals surface area contributed by atoms with Gasteiger partial charge in [0.1, 0.15) is 6.33 Å². The summed E-state index contributed by atoms with van der Waals surface area (Å²) in [6, 6.07) is 9.84. The van der Waals surface area contributed by atoms with E-state index in [1.54, 1.807) is 23.1 Å². The Morgan fingerprint density at radius 3 is 2.71 bits per heavy atom. The molecule has 1 aromatic carbocycles. The first kappa shape index (κ1) is 11.6. The van der Waals surface area contributed by atoms with Crippen molar-refractivity contribution in [3.05, 3.63) is 49.1 Å². The number of rotatable bonds is 2. The summed E-state index contributed by atoms with van der Waals surface area (Å²) >= 11 is 0. The maximum atomic E-state index is 6.01. The molecule has 4 aromatic rings. The summed E-state index contributed by atoms with van der Waals surface area (Å²) in [5.41, 5.74) is 10.1. The van der Waals surface area contributed by atoms with E-state index in [-0.39, 0.29) is 0 Å². The average molecular weight is 277 g/mol. The van der Waals surface area contributed by atoms with Crippen LogP contribution < -0.4 is 5.73 Å². The third-order valence-electron chi connectivity index (χ3n) is 3.32. The topological polar surface area (TPSA) is 97.8 Å². The van der Waals surface area contributed by atoms with Crippen LogP contribution >= 0.6 is 0 Å².